The molecule has 0 bridgehead atoms. The van der Waals surface area contributed by atoms with Crippen molar-refractivity contribution in [2.24, 2.45) is 0 Å². The number of amides is 1. The van der Waals surface area contributed by atoms with Gasteiger partial charge in [-0.3, -0.25) is 4.79 Å². The zero-order chi connectivity index (χ0) is 16.1. The van der Waals surface area contributed by atoms with Crippen LogP contribution in [0.3, 0.4) is 0 Å². The number of hydrogen-bond donors (Lipinski definition) is 2. The molecule has 3 nitrogen and oxygen atoms in total. The lowest BCUT2D eigenvalue weighted by molar-refractivity contribution is -0.115. The van der Waals surface area contributed by atoms with E-state index in [-0.39, 0.29) is 29.1 Å². The lowest BCUT2D eigenvalue weighted by atomic mass is 10.1. The van der Waals surface area contributed by atoms with Gasteiger partial charge in [-0.1, -0.05) is 29.8 Å². The first-order valence-corrected chi connectivity index (χ1v) is 7.08. The molecule has 1 unspecified atom stereocenters. The summed E-state index contributed by atoms with van der Waals surface area (Å²) in [5, 5.41) is 5.57. The molecule has 0 heterocycles. The van der Waals surface area contributed by atoms with Crippen LogP contribution in [0.1, 0.15) is 18.5 Å². The lowest BCUT2D eigenvalue weighted by Crippen LogP contribution is -2.30. The van der Waals surface area contributed by atoms with Gasteiger partial charge in [0.1, 0.15) is 11.6 Å². The second-order valence-corrected chi connectivity index (χ2v) is 5.23. The molecule has 0 fully saturated rings. The Morgan fingerprint density at radius 1 is 1.18 bits per heavy atom. The summed E-state index contributed by atoms with van der Waals surface area (Å²) >= 11 is 5.64. The van der Waals surface area contributed by atoms with Gasteiger partial charge >= 0.3 is 0 Å². The first-order valence-electron chi connectivity index (χ1n) is 6.70. The molecule has 0 saturated heterocycles. The Morgan fingerprint density at radius 2 is 1.91 bits per heavy atom. The van der Waals surface area contributed by atoms with Crippen LogP contribution in [0.25, 0.3) is 0 Å². The molecule has 0 saturated carbocycles. The second-order valence-electron chi connectivity index (χ2n) is 4.80. The van der Waals surface area contributed by atoms with Crippen molar-refractivity contribution in [3.63, 3.8) is 0 Å². The summed E-state index contributed by atoms with van der Waals surface area (Å²) in [6, 6.07) is 9.96. The molecule has 6 heteroatoms. The molecule has 0 radical (unpaired) electrons. The van der Waals surface area contributed by atoms with E-state index in [1.807, 2.05) is 0 Å². The lowest BCUT2D eigenvalue weighted by Gasteiger charge is -2.15. The molecule has 0 aliphatic rings. The maximum absolute atomic E-state index is 13.6. The predicted octanol–water partition coefficient (Wildman–Crippen LogP) is 3.91. The third kappa shape index (κ3) is 4.26. The van der Waals surface area contributed by atoms with Crippen molar-refractivity contribution in [1.29, 1.82) is 0 Å². The van der Waals surface area contributed by atoms with Gasteiger partial charge in [0.05, 0.1) is 12.2 Å². The Labute approximate surface area is 132 Å². The number of nitrogens with one attached hydrogen (secondary N) is 2. The van der Waals surface area contributed by atoms with Crippen LogP contribution in [0.5, 0.6) is 0 Å². The zero-order valence-electron chi connectivity index (χ0n) is 11.9. The van der Waals surface area contributed by atoms with Gasteiger partial charge in [0.15, 0.2) is 0 Å². The van der Waals surface area contributed by atoms with Gasteiger partial charge < -0.3 is 10.6 Å². The van der Waals surface area contributed by atoms with E-state index in [0.29, 0.717) is 5.56 Å². The van der Waals surface area contributed by atoms with E-state index >= 15 is 0 Å². The highest BCUT2D eigenvalue weighted by atomic mass is 35.5. The van der Waals surface area contributed by atoms with Crippen molar-refractivity contribution >= 4 is 23.2 Å². The van der Waals surface area contributed by atoms with Crippen LogP contribution >= 0.6 is 11.6 Å². The second kappa shape index (κ2) is 7.33. The van der Waals surface area contributed by atoms with Crippen LogP contribution in [-0.4, -0.2) is 12.5 Å². The van der Waals surface area contributed by atoms with Gasteiger partial charge in [0.25, 0.3) is 0 Å². The van der Waals surface area contributed by atoms with Crippen LogP contribution < -0.4 is 10.6 Å². The van der Waals surface area contributed by atoms with Gasteiger partial charge in [0, 0.05) is 16.6 Å². The van der Waals surface area contributed by atoms with Gasteiger partial charge in [-0.2, -0.15) is 0 Å². The quantitative estimate of drug-likeness (QED) is 0.875. The highest BCUT2D eigenvalue weighted by Gasteiger charge is 2.12. The SMILES string of the molecule is CC(NCC(=O)Nc1ccc(Cl)cc1F)c1ccccc1F. The molecule has 22 heavy (non-hydrogen) atoms. The molecular formula is C16H15ClF2N2O. The number of rotatable bonds is 5. The third-order valence-corrected chi connectivity index (χ3v) is 3.38. The molecule has 2 aromatic rings. The van der Waals surface area contributed by atoms with Crippen LogP contribution in [0.4, 0.5) is 14.5 Å². The van der Waals surface area contributed by atoms with E-state index in [1.54, 1.807) is 25.1 Å². The Bertz CT molecular complexity index is 679. The van der Waals surface area contributed by atoms with Crippen molar-refractivity contribution < 1.29 is 13.6 Å². The van der Waals surface area contributed by atoms with Gasteiger partial charge in [-0.25, -0.2) is 8.78 Å². The van der Waals surface area contributed by atoms with Crippen LogP contribution in [0.15, 0.2) is 42.5 Å². The Hall–Kier alpha value is -1.98. The van der Waals surface area contributed by atoms with E-state index in [2.05, 4.69) is 10.6 Å². The molecule has 2 aromatic carbocycles. The van der Waals surface area contributed by atoms with Gasteiger partial charge in [-0.15, -0.1) is 0 Å². The van der Waals surface area contributed by atoms with Crippen LogP contribution in [0, 0.1) is 11.6 Å². The van der Waals surface area contributed by atoms with Crippen molar-refractivity contribution in [2.45, 2.75) is 13.0 Å². The van der Waals surface area contributed by atoms with E-state index in [9.17, 15) is 13.6 Å². The Kier molecular flexibility index (Phi) is 5.46. The van der Waals surface area contributed by atoms with Crippen molar-refractivity contribution in [3.05, 3.63) is 64.7 Å². The summed E-state index contributed by atoms with van der Waals surface area (Å²) in [5.41, 5.74) is 0.516. The summed E-state index contributed by atoms with van der Waals surface area (Å²) in [6.45, 7) is 1.67. The maximum Gasteiger partial charge on any atom is 0.238 e. The van der Waals surface area contributed by atoms with Crippen molar-refractivity contribution in [2.75, 3.05) is 11.9 Å². The zero-order valence-corrected chi connectivity index (χ0v) is 12.6. The predicted molar refractivity (Wildman–Crippen MR) is 82.9 cm³/mol. The molecular weight excluding hydrogens is 310 g/mol. The molecule has 1 amide bonds. The minimum atomic E-state index is -0.608. The number of anilines is 1. The van der Waals surface area contributed by atoms with Crippen molar-refractivity contribution in [1.82, 2.24) is 5.32 Å². The summed E-state index contributed by atoms with van der Waals surface area (Å²) < 4.78 is 27.2. The molecule has 0 aromatic heterocycles. The third-order valence-electron chi connectivity index (χ3n) is 3.15. The summed E-state index contributed by atoms with van der Waals surface area (Å²) in [5.74, 6) is -1.38. The maximum atomic E-state index is 13.6. The van der Waals surface area contributed by atoms with Crippen LogP contribution in [0.2, 0.25) is 5.02 Å². The fourth-order valence-electron chi connectivity index (χ4n) is 1.97. The van der Waals surface area contributed by atoms with Gasteiger partial charge in [0.2, 0.25) is 5.91 Å². The number of halogens is 3. The van der Waals surface area contributed by atoms with E-state index < -0.39 is 11.7 Å². The van der Waals surface area contributed by atoms with E-state index in [4.69, 9.17) is 11.6 Å². The fourth-order valence-corrected chi connectivity index (χ4v) is 2.13. The topological polar surface area (TPSA) is 41.1 Å². The van der Waals surface area contributed by atoms with E-state index in [0.717, 1.165) is 6.07 Å². The highest BCUT2D eigenvalue weighted by molar-refractivity contribution is 6.30. The molecule has 2 rings (SSSR count). The first-order chi connectivity index (χ1) is 10.5. The molecule has 0 spiro atoms. The van der Waals surface area contributed by atoms with Crippen LogP contribution in [-0.2, 0) is 4.79 Å². The molecule has 1 atom stereocenters. The average molecular weight is 325 g/mol. The molecule has 2 N–H and O–H groups in total. The number of carbonyl (C=O) groups excluding carboxylic acids is 1. The molecule has 0 aliphatic carbocycles. The smallest absolute Gasteiger partial charge is 0.238 e. The molecule has 116 valence electrons. The normalized spacial score (nSPS) is 12.0. The largest absolute Gasteiger partial charge is 0.322 e. The summed E-state index contributed by atoms with van der Waals surface area (Å²) in [7, 11) is 0. The Morgan fingerprint density at radius 3 is 2.59 bits per heavy atom. The van der Waals surface area contributed by atoms with Crippen molar-refractivity contribution in [3.8, 4) is 0 Å². The van der Waals surface area contributed by atoms with Gasteiger partial charge in [-0.05, 0) is 31.2 Å². The first kappa shape index (κ1) is 16.4. The Balaban J connectivity index is 1.91. The highest BCUT2D eigenvalue weighted by Crippen LogP contribution is 2.19. The molecule has 0 aliphatic heterocycles. The summed E-state index contributed by atoms with van der Waals surface area (Å²) in [6.07, 6.45) is 0. The summed E-state index contributed by atoms with van der Waals surface area (Å²) in [4.78, 5) is 11.8. The fraction of sp³-hybridized carbons (Fsp3) is 0.188. The average Bonchev–Trinajstić information content (AvgIpc) is 2.48. The standard InChI is InChI=1S/C16H15ClF2N2O/c1-10(12-4-2-3-5-13(12)18)20-9-16(22)21-15-7-6-11(17)8-14(15)19/h2-8,10,20H,9H2,1H3,(H,21,22). The number of benzene rings is 2. The number of carbonyl (C=O) groups is 1. The number of hydrogen-bond acceptors (Lipinski definition) is 2. The van der Waals surface area contributed by atoms with E-state index in [1.165, 1.54) is 18.2 Å². The monoisotopic (exact) mass is 324 g/mol. The minimum Gasteiger partial charge on any atom is -0.322 e. The minimum absolute atomic E-state index is 0.0507.